The van der Waals surface area contributed by atoms with Crippen LogP contribution in [-0.4, -0.2) is 41.6 Å². The summed E-state index contributed by atoms with van der Waals surface area (Å²) < 4.78 is 61.3. The molecule has 0 radical (unpaired) electrons. The molecule has 1 aromatic carbocycles. The molecule has 11 heteroatoms. The zero-order valence-electron chi connectivity index (χ0n) is 14.5. The molecule has 2 saturated heterocycles. The topological polar surface area (TPSA) is 91.4 Å². The lowest BCUT2D eigenvalue weighted by Crippen LogP contribution is -2.40. The fourth-order valence-electron chi connectivity index (χ4n) is 3.15. The van der Waals surface area contributed by atoms with E-state index in [1.807, 2.05) is 0 Å². The van der Waals surface area contributed by atoms with Crippen LogP contribution in [0.25, 0.3) is 0 Å². The minimum atomic E-state index is -3.97. The standard InChI is InChI=1S/C17H16F2NO7P/c18-11-4-2-1-3-10(11)8-24-28(23)25-9-15-14(27-28)6-17(26-15)20-7-12(19)13(21)5-16(20)22/h1-4,7,14-15,17H,5-6,8-9H2/t14-,15+,17+,28-/m0/s1. The van der Waals surface area contributed by atoms with Crippen molar-refractivity contribution in [2.45, 2.75) is 37.9 Å². The van der Waals surface area contributed by atoms with Gasteiger partial charge in [-0.1, -0.05) is 18.2 Å². The smallest absolute Gasteiger partial charge is 0.349 e. The van der Waals surface area contributed by atoms with E-state index in [0.29, 0.717) is 0 Å². The summed E-state index contributed by atoms with van der Waals surface area (Å²) in [6, 6.07) is 5.85. The van der Waals surface area contributed by atoms with Crippen LogP contribution in [0.2, 0.25) is 0 Å². The van der Waals surface area contributed by atoms with Gasteiger partial charge in [-0.25, -0.2) is 13.3 Å². The molecule has 0 aromatic heterocycles. The molecule has 8 nitrogen and oxygen atoms in total. The summed E-state index contributed by atoms with van der Waals surface area (Å²) >= 11 is 0. The second kappa shape index (κ2) is 7.46. The number of fused-ring (bicyclic) bond motifs is 1. The second-order valence-corrected chi connectivity index (χ2v) is 8.12. The van der Waals surface area contributed by atoms with Crippen LogP contribution in [0, 0.1) is 5.82 Å². The van der Waals surface area contributed by atoms with E-state index in [9.17, 15) is 22.9 Å². The van der Waals surface area contributed by atoms with Crippen LogP contribution < -0.4 is 0 Å². The van der Waals surface area contributed by atoms with Crippen molar-refractivity contribution in [1.29, 1.82) is 0 Å². The van der Waals surface area contributed by atoms with E-state index in [1.54, 1.807) is 6.07 Å². The summed E-state index contributed by atoms with van der Waals surface area (Å²) in [6.45, 7) is -0.449. The van der Waals surface area contributed by atoms with E-state index in [-0.39, 0.29) is 25.2 Å². The number of ether oxygens (including phenoxy) is 1. The van der Waals surface area contributed by atoms with Crippen LogP contribution in [0.4, 0.5) is 8.78 Å². The Morgan fingerprint density at radius 3 is 2.79 bits per heavy atom. The summed E-state index contributed by atoms with van der Waals surface area (Å²) in [4.78, 5) is 24.2. The molecule has 3 aliphatic heterocycles. The number of benzene rings is 1. The van der Waals surface area contributed by atoms with Gasteiger partial charge in [-0.3, -0.25) is 28.1 Å². The lowest BCUT2D eigenvalue weighted by molar-refractivity contribution is -0.146. The summed E-state index contributed by atoms with van der Waals surface area (Å²) in [5.74, 6) is -3.04. The van der Waals surface area contributed by atoms with Crippen molar-refractivity contribution in [2.24, 2.45) is 0 Å². The van der Waals surface area contributed by atoms with Gasteiger partial charge in [0.1, 0.15) is 24.3 Å². The van der Waals surface area contributed by atoms with Gasteiger partial charge in [0.05, 0.1) is 19.6 Å². The molecule has 0 bridgehead atoms. The number of ketones is 1. The van der Waals surface area contributed by atoms with E-state index < -0.39 is 56.0 Å². The van der Waals surface area contributed by atoms with Crippen molar-refractivity contribution in [3.05, 3.63) is 47.7 Å². The normalized spacial score (nSPS) is 33.0. The Balaban J connectivity index is 1.40. The molecule has 0 unspecified atom stereocenters. The zero-order valence-corrected chi connectivity index (χ0v) is 15.3. The van der Waals surface area contributed by atoms with Crippen LogP contribution in [-0.2, 0) is 39.1 Å². The Kier molecular flexibility index (Phi) is 5.15. The van der Waals surface area contributed by atoms with Crippen LogP contribution in [0.15, 0.2) is 36.3 Å². The predicted octanol–water partition coefficient (Wildman–Crippen LogP) is 2.59. The highest BCUT2D eigenvalue weighted by Crippen LogP contribution is 2.56. The molecular formula is C17H16F2NO7P. The van der Waals surface area contributed by atoms with E-state index >= 15 is 0 Å². The first-order valence-electron chi connectivity index (χ1n) is 8.53. The van der Waals surface area contributed by atoms with Crippen molar-refractivity contribution in [3.8, 4) is 0 Å². The van der Waals surface area contributed by atoms with Crippen molar-refractivity contribution >= 4 is 19.5 Å². The SMILES string of the molecule is O=C1CC(=O)N([C@H]2C[C@@H]3O[P@@](=O)(OCc4ccccc4F)OC[C@H]3O2)C=C1F. The van der Waals surface area contributed by atoms with Gasteiger partial charge >= 0.3 is 7.82 Å². The van der Waals surface area contributed by atoms with E-state index in [1.165, 1.54) is 18.2 Å². The molecule has 4 rings (SSSR count). The highest BCUT2D eigenvalue weighted by atomic mass is 31.2. The Morgan fingerprint density at radius 1 is 1.21 bits per heavy atom. The van der Waals surface area contributed by atoms with Crippen molar-refractivity contribution in [1.82, 2.24) is 4.90 Å². The summed E-state index contributed by atoms with van der Waals surface area (Å²) in [7, 11) is -3.97. The number of halogens is 2. The summed E-state index contributed by atoms with van der Waals surface area (Å²) in [5.41, 5.74) is 0.191. The number of hydrogen-bond acceptors (Lipinski definition) is 7. The van der Waals surface area contributed by atoms with Gasteiger partial charge in [-0.2, -0.15) is 0 Å². The van der Waals surface area contributed by atoms with E-state index in [0.717, 1.165) is 11.1 Å². The minimum Gasteiger partial charge on any atom is -0.349 e. The number of Topliss-reactive ketones (excluding diaryl/α,β-unsaturated/α-hetero) is 1. The predicted molar refractivity (Wildman–Crippen MR) is 88.6 cm³/mol. The minimum absolute atomic E-state index is 0.0881. The molecule has 150 valence electrons. The first kappa shape index (κ1) is 19.4. The Morgan fingerprint density at radius 2 is 2.00 bits per heavy atom. The molecule has 0 N–H and O–H groups in total. The second-order valence-electron chi connectivity index (χ2n) is 6.49. The lowest BCUT2D eigenvalue weighted by atomic mass is 10.1. The third-order valence-electron chi connectivity index (χ3n) is 4.61. The lowest BCUT2D eigenvalue weighted by Gasteiger charge is -2.30. The highest BCUT2D eigenvalue weighted by molar-refractivity contribution is 7.48. The molecule has 1 aromatic rings. The van der Waals surface area contributed by atoms with Crippen LogP contribution >= 0.6 is 7.82 Å². The Hall–Kier alpha value is -1.97. The Bertz CT molecular complexity index is 892. The third-order valence-corrected chi connectivity index (χ3v) is 6.05. The zero-order chi connectivity index (χ0) is 19.9. The van der Waals surface area contributed by atoms with Gasteiger partial charge < -0.3 is 4.74 Å². The summed E-state index contributed by atoms with van der Waals surface area (Å²) in [6.07, 6.45) is -1.96. The van der Waals surface area contributed by atoms with Crippen LogP contribution in [0.3, 0.4) is 0 Å². The number of phosphoric ester groups is 1. The molecule has 0 spiro atoms. The monoisotopic (exact) mass is 415 g/mol. The molecule has 0 saturated carbocycles. The molecule has 3 heterocycles. The number of hydrogen-bond donors (Lipinski definition) is 0. The number of allylic oxidation sites excluding steroid dienone is 1. The maximum absolute atomic E-state index is 13.7. The fourth-order valence-corrected chi connectivity index (χ4v) is 4.52. The highest BCUT2D eigenvalue weighted by Gasteiger charge is 2.49. The van der Waals surface area contributed by atoms with Gasteiger partial charge in [-0.15, -0.1) is 0 Å². The number of carbonyl (C=O) groups is 2. The van der Waals surface area contributed by atoms with Gasteiger partial charge in [0.2, 0.25) is 11.7 Å². The molecule has 1 amide bonds. The Labute approximate surface area is 158 Å². The first-order valence-corrected chi connectivity index (χ1v) is 9.99. The molecular weight excluding hydrogens is 399 g/mol. The molecule has 0 aliphatic carbocycles. The van der Waals surface area contributed by atoms with Gasteiger partial charge in [0.15, 0.2) is 5.83 Å². The first-order chi connectivity index (χ1) is 13.3. The molecule has 28 heavy (non-hydrogen) atoms. The number of amides is 1. The van der Waals surface area contributed by atoms with E-state index in [2.05, 4.69) is 0 Å². The molecule has 2 fully saturated rings. The number of phosphoric acid groups is 1. The number of nitrogens with zero attached hydrogens (tertiary/aromatic N) is 1. The summed E-state index contributed by atoms with van der Waals surface area (Å²) in [5, 5.41) is 0. The van der Waals surface area contributed by atoms with Crippen molar-refractivity contribution in [3.63, 3.8) is 0 Å². The van der Waals surface area contributed by atoms with Crippen LogP contribution in [0.5, 0.6) is 0 Å². The van der Waals surface area contributed by atoms with Gasteiger partial charge in [0.25, 0.3) is 0 Å². The maximum Gasteiger partial charge on any atom is 0.475 e. The molecule has 3 aliphatic rings. The molecule has 4 atom stereocenters. The fraction of sp³-hybridized carbons (Fsp3) is 0.412. The van der Waals surface area contributed by atoms with E-state index in [4.69, 9.17) is 18.3 Å². The van der Waals surface area contributed by atoms with Crippen molar-refractivity contribution < 1.29 is 41.2 Å². The van der Waals surface area contributed by atoms with Gasteiger partial charge in [0, 0.05) is 18.2 Å². The van der Waals surface area contributed by atoms with Crippen LogP contribution in [0.1, 0.15) is 18.4 Å². The third kappa shape index (κ3) is 3.78. The van der Waals surface area contributed by atoms with Gasteiger partial charge in [-0.05, 0) is 6.07 Å². The number of rotatable bonds is 4. The average Bonchev–Trinajstić information content (AvgIpc) is 3.06. The quantitative estimate of drug-likeness (QED) is 0.552. The average molecular weight is 415 g/mol. The number of carbonyl (C=O) groups excluding carboxylic acids is 2. The maximum atomic E-state index is 13.7. The van der Waals surface area contributed by atoms with Crippen molar-refractivity contribution in [2.75, 3.05) is 6.61 Å². The largest absolute Gasteiger partial charge is 0.475 e.